The van der Waals surface area contributed by atoms with Crippen LogP contribution in [0.3, 0.4) is 0 Å². The molecule has 0 amide bonds. The normalized spacial score (nSPS) is 11.0. The van der Waals surface area contributed by atoms with Gasteiger partial charge in [0.05, 0.1) is 24.0 Å². The molecule has 2 heterocycles. The van der Waals surface area contributed by atoms with Gasteiger partial charge in [-0.05, 0) is 30.7 Å². The molecular weight excluding hydrogens is 380 g/mol. The number of hydrogen-bond donors (Lipinski definition) is 0. The van der Waals surface area contributed by atoms with E-state index in [4.69, 9.17) is 9.15 Å². The van der Waals surface area contributed by atoms with Gasteiger partial charge in [-0.25, -0.2) is 0 Å². The average molecular weight is 397 g/mol. The minimum Gasteiger partial charge on any atom is -0.549 e. The Hall–Kier alpha value is -3.33. The highest BCUT2D eigenvalue weighted by atomic mass is 32.2. The first-order chi connectivity index (χ1) is 13.6. The lowest BCUT2D eigenvalue weighted by atomic mass is 10.2. The predicted octanol–water partition coefficient (Wildman–Crippen LogP) is 2.14. The number of thioether (sulfide) groups is 1. The molecule has 0 fully saturated rings. The first-order valence-electron chi connectivity index (χ1n) is 8.29. The number of hydrogen-bond acceptors (Lipinski definition) is 8. The zero-order valence-electron chi connectivity index (χ0n) is 15.1. The fourth-order valence-electron chi connectivity index (χ4n) is 2.33. The summed E-state index contributed by atoms with van der Waals surface area (Å²) in [6.07, 6.45) is 4.83. The molecule has 28 heavy (non-hydrogen) atoms. The summed E-state index contributed by atoms with van der Waals surface area (Å²) in [5.41, 5.74) is 1.51. The molecule has 0 aliphatic rings. The highest BCUT2D eigenvalue weighted by Crippen LogP contribution is 2.27. The second kappa shape index (κ2) is 9.05. The number of aromatic nitrogens is 3. The van der Waals surface area contributed by atoms with E-state index in [9.17, 15) is 9.90 Å². The van der Waals surface area contributed by atoms with Gasteiger partial charge in [-0.2, -0.15) is 9.78 Å². The van der Waals surface area contributed by atoms with Crippen LogP contribution in [0.1, 0.15) is 11.3 Å². The molecule has 0 atom stereocenters. The Morgan fingerprint density at radius 3 is 3.00 bits per heavy atom. The van der Waals surface area contributed by atoms with Crippen molar-refractivity contribution in [1.82, 2.24) is 14.9 Å². The summed E-state index contributed by atoms with van der Waals surface area (Å²) in [5, 5.41) is 23.8. The van der Waals surface area contributed by atoms with Crippen molar-refractivity contribution in [3.05, 3.63) is 60.6 Å². The van der Waals surface area contributed by atoms with Crippen LogP contribution in [-0.4, -0.2) is 39.4 Å². The van der Waals surface area contributed by atoms with Crippen molar-refractivity contribution in [2.45, 2.75) is 12.1 Å². The monoisotopic (exact) mass is 397 g/mol. The number of rotatable bonds is 9. The van der Waals surface area contributed by atoms with Crippen LogP contribution in [0.5, 0.6) is 5.75 Å². The molecule has 0 saturated carbocycles. The summed E-state index contributed by atoms with van der Waals surface area (Å²) >= 11 is 0.976. The Morgan fingerprint density at radius 1 is 1.43 bits per heavy atom. The summed E-state index contributed by atoms with van der Waals surface area (Å²) in [7, 11) is 0. The van der Waals surface area contributed by atoms with E-state index in [1.165, 1.54) is 4.68 Å². The van der Waals surface area contributed by atoms with E-state index in [-0.39, 0.29) is 5.75 Å². The molecule has 0 spiro atoms. The Morgan fingerprint density at radius 2 is 2.29 bits per heavy atom. The quantitative estimate of drug-likeness (QED) is 0.309. The summed E-state index contributed by atoms with van der Waals surface area (Å²) < 4.78 is 12.3. The van der Waals surface area contributed by atoms with Crippen LogP contribution >= 0.6 is 11.8 Å². The Kier molecular flexibility index (Phi) is 6.28. The van der Waals surface area contributed by atoms with Gasteiger partial charge in [0.1, 0.15) is 18.1 Å². The van der Waals surface area contributed by atoms with Crippen LogP contribution in [-0.2, 0) is 4.79 Å². The summed E-state index contributed by atoms with van der Waals surface area (Å²) in [6.45, 7) is 5.82. The lowest BCUT2D eigenvalue weighted by Crippen LogP contribution is -2.24. The highest BCUT2D eigenvalue weighted by molar-refractivity contribution is 7.99. The maximum atomic E-state index is 10.8. The molecule has 3 aromatic rings. The topological polar surface area (TPSA) is 106 Å². The van der Waals surface area contributed by atoms with E-state index in [1.54, 1.807) is 31.5 Å². The molecule has 0 bridgehead atoms. The Bertz CT molecular complexity index is 1010. The predicted molar refractivity (Wildman–Crippen MR) is 103 cm³/mol. The molecule has 144 valence electrons. The largest absolute Gasteiger partial charge is 0.549 e. The molecule has 0 saturated heterocycles. The van der Waals surface area contributed by atoms with Gasteiger partial charge in [0.2, 0.25) is 5.16 Å². The number of carboxylic acids is 1. The Labute approximate surface area is 165 Å². The van der Waals surface area contributed by atoms with Crippen molar-refractivity contribution in [2.24, 2.45) is 5.10 Å². The molecule has 1 aromatic carbocycles. The van der Waals surface area contributed by atoms with E-state index in [0.717, 1.165) is 17.3 Å². The zero-order valence-corrected chi connectivity index (χ0v) is 15.9. The molecule has 0 radical (unpaired) electrons. The van der Waals surface area contributed by atoms with Crippen molar-refractivity contribution >= 4 is 23.9 Å². The Balaban J connectivity index is 1.93. The van der Waals surface area contributed by atoms with Gasteiger partial charge in [0.25, 0.3) is 0 Å². The lowest BCUT2D eigenvalue weighted by molar-refractivity contribution is -0.301. The van der Waals surface area contributed by atoms with Gasteiger partial charge < -0.3 is 19.1 Å². The van der Waals surface area contributed by atoms with Gasteiger partial charge in [0.15, 0.2) is 5.82 Å². The number of ether oxygens (including phenoxy) is 1. The van der Waals surface area contributed by atoms with E-state index in [1.807, 2.05) is 24.3 Å². The molecule has 0 N–H and O–H groups in total. The number of nitrogens with zero attached hydrogens (tertiary/aromatic N) is 4. The maximum absolute atomic E-state index is 10.8. The molecular formula is C19H17N4O4S-. The molecule has 0 aliphatic heterocycles. The van der Waals surface area contributed by atoms with Crippen LogP contribution < -0.4 is 9.84 Å². The van der Waals surface area contributed by atoms with E-state index < -0.39 is 5.97 Å². The van der Waals surface area contributed by atoms with Crippen LogP contribution in [0.25, 0.3) is 11.4 Å². The minimum atomic E-state index is -1.20. The molecule has 0 aliphatic carbocycles. The van der Waals surface area contributed by atoms with Crippen LogP contribution in [0.15, 0.2) is 63.9 Å². The first-order valence-corrected chi connectivity index (χ1v) is 9.27. The number of carbonyl (C=O) groups is 1. The van der Waals surface area contributed by atoms with Gasteiger partial charge >= 0.3 is 0 Å². The smallest absolute Gasteiger partial charge is 0.212 e. The van der Waals surface area contributed by atoms with Crippen molar-refractivity contribution < 1.29 is 19.1 Å². The molecule has 8 nitrogen and oxygen atoms in total. The third-order valence-corrected chi connectivity index (χ3v) is 4.47. The minimum absolute atomic E-state index is 0.261. The molecule has 3 rings (SSSR count). The number of benzene rings is 1. The van der Waals surface area contributed by atoms with Crippen molar-refractivity contribution in [1.29, 1.82) is 0 Å². The van der Waals surface area contributed by atoms with Gasteiger partial charge in [-0.15, -0.1) is 10.2 Å². The first kappa shape index (κ1) is 19.4. The van der Waals surface area contributed by atoms with E-state index in [0.29, 0.717) is 34.7 Å². The van der Waals surface area contributed by atoms with Gasteiger partial charge in [0, 0.05) is 5.75 Å². The SMILES string of the molecule is C=CCOc1cccc(/C=N\n2c(SCC(=O)[O-])nnc2-c2ccoc2C)c1. The summed E-state index contributed by atoms with van der Waals surface area (Å²) in [4.78, 5) is 10.8. The van der Waals surface area contributed by atoms with Gasteiger partial charge in [-0.1, -0.05) is 36.5 Å². The van der Waals surface area contributed by atoms with Crippen molar-refractivity contribution in [3.63, 3.8) is 0 Å². The third kappa shape index (κ3) is 4.68. The number of aryl methyl sites for hydroxylation is 1. The molecule has 2 aromatic heterocycles. The lowest BCUT2D eigenvalue weighted by Gasteiger charge is -2.05. The van der Waals surface area contributed by atoms with E-state index in [2.05, 4.69) is 21.9 Å². The van der Waals surface area contributed by atoms with Crippen LogP contribution in [0, 0.1) is 6.92 Å². The third-order valence-electron chi connectivity index (χ3n) is 3.58. The second-order valence-electron chi connectivity index (χ2n) is 5.59. The molecule has 9 heteroatoms. The number of aliphatic carboxylic acids is 1. The summed E-state index contributed by atoms with van der Waals surface area (Å²) in [6, 6.07) is 9.13. The fraction of sp³-hybridized carbons (Fsp3) is 0.158. The number of furan rings is 1. The second-order valence-corrected chi connectivity index (χ2v) is 6.53. The maximum Gasteiger partial charge on any atom is 0.212 e. The van der Waals surface area contributed by atoms with Crippen molar-refractivity contribution in [2.75, 3.05) is 12.4 Å². The number of carbonyl (C=O) groups excluding carboxylic acids is 1. The standard InChI is InChI=1S/C19H18N4O4S/c1-3-8-27-15-6-4-5-14(10-15)11-20-23-18(16-7-9-26-13(16)2)21-22-19(23)28-12-17(24)25/h3-7,9-11H,1,8,12H2,2H3,(H,24,25)/p-1/b20-11-. The zero-order chi connectivity index (χ0) is 19.9. The fourth-order valence-corrected chi connectivity index (χ4v) is 2.93. The highest BCUT2D eigenvalue weighted by Gasteiger charge is 2.17. The van der Waals surface area contributed by atoms with Crippen LogP contribution in [0.2, 0.25) is 0 Å². The van der Waals surface area contributed by atoms with Crippen LogP contribution in [0.4, 0.5) is 0 Å². The number of carboxylic acid groups (broad SMARTS) is 1. The average Bonchev–Trinajstić information content (AvgIpc) is 3.28. The summed E-state index contributed by atoms with van der Waals surface area (Å²) in [5.74, 6) is 0.326. The van der Waals surface area contributed by atoms with E-state index >= 15 is 0 Å². The van der Waals surface area contributed by atoms with Gasteiger partial charge in [-0.3, -0.25) is 0 Å². The van der Waals surface area contributed by atoms with Crippen molar-refractivity contribution in [3.8, 4) is 17.1 Å². The molecule has 0 unspecified atom stereocenters.